The van der Waals surface area contributed by atoms with E-state index in [2.05, 4.69) is 70.0 Å². The minimum absolute atomic E-state index is 0.120. The zero-order chi connectivity index (χ0) is 17.5. The van der Waals surface area contributed by atoms with Gasteiger partial charge in [-0.25, -0.2) is 0 Å². The van der Waals surface area contributed by atoms with Crippen molar-refractivity contribution in [2.45, 2.75) is 64.8 Å². The van der Waals surface area contributed by atoms with Gasteiger partial charge >= 0.3 is 0 Å². The van der Waals surface area contributed by atoms with E-state index in [1.807, 2.05) is 19.1 Å². The molecule has 0 aromatic heterocycles. The third-order valence-electron chi connectivity index (χ3n) is 4.11. The van der Waals surface area contributed by atoms with Crippen LogP contribution < -0.4 is 0 Å². The summed E-state index contributed by atoms with van der Waals surface area (Å²) in [6, 6.07) is 4.14. The van der Waals surface area contributed by atoms with E-state index in [0.717, 1.165) is 16.7 Å². The van der Waals surface area contributed by atoms with Gasteiger partial charge in [0.1, 0.15) is 11.3 Å². The lowest BCUT2D eigenvalue weighted by molar-refractivity contribution is 0.423. The molecule has 1 aliphatic rings. The highest BCUT2D eigenvalue weighted by atomic mass is 16.3. The van der Waals surface area contributed by atoms with Gasteiger partial charge in [-0.05, 0) is 41.5 Å². The minimum Gasteiger partial charge on any atom is -0.507 e. The molecule has 23 heavy (non-hydrogen) atoms. The monoisotopic (exact) mass is 312 g/mol. The van der Waals surface area contributed by atoms with Crippen molar-refractivity contribution in [3.8, 4) is 5.75 Å². The lowest BCUT2D eigenvalue weighted by Crippen LogP contribution is -2.17. The quantitative estimate of drug-likeness (QED) is 0.743. The normalized spacial score (nSPS) is 21.5. The van der Waals surface area contributed by atoms with Crippen LogP contribution in [0.15, 0.2) is 40.7 Å². The van der Waals surface area contributed by atoms with Gasteiger partial charge in [-0.2, -0.15) is 10.2 Å². The zero-order valence-corrected chi connectivity index (χ0v) is 15.3. The largest absolute Gasteiger partial charge is 0.507 e. The first-order valence-corrected chi connectivity index (χ1v) is 8.09. The summed E-state index contributed by atoms with van der Waals surface area (Å²) in [7, 11) is 0. The molecule has 1 N–H and O–H groups in total. The average molecular weight is 312 g/mol. The van der Waals surface area contributed by atoms with E-state index in [4.69, 9.17) is 0 Å². The molecule has 0 fully saturated rings. The second kappa shape index (κ2) is 5.63. The number of hydrogen-bond donors (Lipinski definition) is 1. The molecule has 0 saturated heterocycles. The van der Waals surface area contributed by atoms with Crippen molar-refractivity contribution in [2.24, 2.45) is 10.2 Å². The maximum absolute atomic E-state index is 10.7. The van der Waals surface area contributed by atoms with Crippen molar-refractivity contribution < 1.29 is 5.11 Å². The molecule has 1 heterocycles. The molecule has 124 valence electrons. The van der Waals surface area contributed by atoms with E-state index in [0.29, 0.717) is 5.75 Å². The van der Waals surface area contributed by atoms with Crippen molar-refractivity contribution in [2.75, 3.05) is 0 Å². The summed E-state index contributed by atoms with van der Waals surface area (Å²) in [6.45, 7) is 14.8. The molecule has 0 spiro atoms. The van der Waals surface area contributed by atoms with Crippen molar-refractivity contribution in [1.29, 1.82) is 0 Å². The summed E-state index contributed by atoms with van der Waals surface area (Å²) in [5.74, 6) is 0.411. The van der Waals surface area contributed by atoms with Crippen molar-refractivity contribution >= 4 is 6.08 Å². The van der Waals surface area contributed by atoms with E-state index in [1.54, 1.807) is 6.20 Å². The highest BCUT2D eigenvalue weighted by Crippen LogP contribution is 2.40. The van der Waals surface area contributed by atoms with Crippen LogP contribution in [0, 0.1) is 0 Å². The van der Waals surface area contributed by atoms with Crippen LogP contribution in [0.5, 0.6) is 5.75 Å². The Balaban J connectivity index is 2.54. The molecular formula is C20H28N2O. The third kappa shape index (κ3) is 3.90. The first-order chi connectivity index (χ1) is 10.4. The Bertz CT molecular complexity index is 636. The van der Waals surface area contributed by atoms with E-state index in [1.165, 1.54) is 0 Å². The standard InChI is InChI=1S/C20H28N2O/c1-18(2,3)15-12-14(8-9-20(7)10-11-21-22-20)13-16(17(15)23)19(4,5)6/h8-13,23H,1-7H3. The van der Waals surface area contributed by atoms with E-state index >= 15 is 0 Å². The number of rotatable bonds is 2. The van der Waals surface area contributed by atoms with Gasteiger partial charge in [0.05, 0.1) is 0 Å². The predicted octanol–water partition coefficient (Wildman–Crippen LogP) is 5.74. The fourth-order valence-electron chi connectivity index (χ4n) is 2.63. The molecule has 1 aromatic rings. The van der Waals surface area contributed by atoms with E-state index in [9.17, 15) is 5.11 Å². The number of nitrogens with zero attached hydrogens (tertiary/aromatic N) is 2. The molecule has 0 aliphatic carbocycles. The number of hydrogen-bond acceptors (Lipinski definition) is 3. The van der Waals surface area contributed by atoms with Crippen molar-refractivity contribution in [3.05, 3.63) is 47.2 Å². The maximum Gasteiger partial charge on any atom is 0.123 e. The SMILES string of the molecule is CC1(C=Cc2cc(C(C)(C)C)c(O)c(C(C)(C)C)c2)C=CN=N1. The summed E-state index contributed by atoms with van der Waals surface area (Å²) < 4.78 is 0. The zero-order valence-electron chi connectivity index (χ0n) is 15.3. The molecule has 3 nitrogen and oxygen atoms in total. The average Bonchev–Trinajstić information content (AvgIpc) is 2.82. The van der Waals surface area contributed by atoms with E-state index in [-0.39, 0.29) is 16.4 Å². The number of aromatic hydroxyl groups is 1. The lowest BCUT2D eigenvalue weighted by atomic mass is 9.78. The molecule has 1 unspecified atom stereocenters. The van der Waals surface area contributed by atoms with Crippen LogP contribution in [0.2, 0.25) is 0 Å². The third-order valence-corrected chi connectivity index (χ3v) is 4.11. The Morgan fingerprint density at radius 2 is 1.52 bits per heavy atom. The second-order valence-corrected chi connectivity index (χ2v) is 8.55. The first kappa shape index (κ1) is 17.5. The molecule has 0 bridgehead atoms. The molecule has 3 heteroatoms. The van der Waals surface area contributed by atoms with E-state index < -0.39 is 0 Å². The Kier molecular flexibility index (Phi) is 4.27. The van der Waals surface area contributed by atoms with Gasteiger partial charge in [0.2, 0.25) is 0 Å². The molecule has 1 aromatic carbocycles. The van der Waals surface area contributed by atoms with Crippen molar-refractivity contribution in [3.63, 3.8) is 0 Å². The Labute approximate surface area is 139 Å². The lowest BCUT2D eigenvalue weighted by Gasteiger charge is -2.28. The molecule has 2 rings (SSSR count). The topological polar surface area (TPSA) is 45.0 Å². The minimum atomic E-state index is -0.373. The molecule has 1 atom stereocenters. The van der Waals surface area contributed by atoms with Gasteiger partial charge in [0.15, 0.2) is 0 Å². The Morgan fingerprint density at radius 3 is 1.91 bits per heavy atom. The van der Waals surface area contributed by atoms with Gasteiger partial charge in [0.25, 0.3) is 0 Å². The first-order valence-electron chi connectivity index (χ1n) is 8.09. The predicted molar refractivity (Wildman–Crippen MR) is 96.9 cm³/mol. The van der Waals surface area contributed by atoms with Gasteiger partial charge in [-0.3, -0.25) is 0 Å². The number of phenols is 1. The van der Waals surface area contributed by atoms with Gasteiger partial charge in [0, 0.05) is 17.3 Å². The number of azo groups is 1. The maximum atomic E-state index is 10.7. The van der Waals surface area contributed by atoms with Gasteiger partial charge in [-0.1, -0.05) is 53.7 Å². The smallest absolute Gasteiger partial charge is 0.123 e. The van der Waals surface area contributed by atoms with Crippen LogP contribution in [-0.4, -0.2) is 10.6 Å². The Morgan fingerprint density at radius 1 is 1.00 bits per heavy atom. The summed E-state index contributed by atoms with van der Waals surface area (Å²) in [4.78, 5) is 0. The van der Waals surface area contributed by atoms with Crippen molar-refractivity contribution in [1.82, 2.24) is 0 Å². The number of benzene rings is 1. The highest BCUT2D eigenvalue weighted by Gasteiger charge is 2.26. The van der Waals surface area contributed by atoms with Gasteiger partial charge in [-0.15, -0.1) is 0 Å². The fourth-order valence-corrected chi connectivity index (χ4v) is 2.63. The Hall–Kier alpha value is -1.90. The van der Waals surface area contributed by atoms with Crippen LogP contribution in [-0.2, 0) is 10.8 Å². The molecule has 0 saturated carbocycles. The molecule has 1 aliphatic heterocycles. The van der Waals surface area contributed by atoms with Crippen LogP contribution in [0.1, 0.15) is 65.2 Å². The van der Waals surface area contributed by atoms with Crippen LogP contribution in [0.4, 0.5) is 0 Å². The fraction of sp³-hybridized carbons (Fsp3) is 0.500. The van der Waals surface area contributed by atoms with Crippen LogP contribution in [0.25, 0.3) is 6.08 Å². The van der Waals surface area contributed by atoms with Crippen LogP contribution in [0.3, 0.4) is 0 Å². The molecule has 0 amide bonds. The highest BCUT2D eigenvalue weighted by molar-refractivity contribution is 5.60. The van der Waals surface area contributed by atoms with Crippen LogP contribution >= 0.6 is 0 Å². The summed E-state index contributed by atoms with van der Waals surface area (Å²) in [5, 5.41) is 18.9. The molecular weight excluding hydrogens is 284 g/mol. The summed E-state index contributed by atoms with van der Waals surface area (Å²) >= 11 is 0. The summed E-state index contributed by atoms with van der Waals surface area (Å²) in [6.07, 6.45) is 7.81. The molecule has 0 radical (unpaired) electrons. The van der Waals surface area contributed by atoms with Gasteiger partial charge < -0.3 is 5.11 Å². The summed E-state index contributed by atoms with van der Waals surface area (Å²) in [5.41, 5.74) is 2.41. The second-order valence-electron chi connectivity index (χ2n) is 8.55. The number of phenolic OH excluding ortho intramolecular Hbond substituents is 1.